The molecule has 1 atom stereocenters. The largest absolute Gasteiger partial charge is 0.463 e. The van der Waals surface area contributed by atoms with Crippen LogP contribution in [0.4, 0.5) is 0 Å². The van der Waals surface area contributed by atoms with Crippen LogP contribution in [-0.2, 0) is 16.1 Å². The summed E-state index contributed by atoms with van der Waals surface area (Å²) in [5.41, 5.74) is 3.63. The number of carbonyl (C=O) groups excluding carboxylic acids is 1. The smallest absolute Gasteiger partial charge is 0.338 e. The van der Waals surface area contributed by atoms with Gasteiger partial charge in [-0.15, -0.1) is 6.58 Å². The number of aromatic nitrogens is 2. The summed E-state index contributed by atoms with van der Waals surface area (Å²) in [6, 6.07) is 17.0. The molecule has 176 valence electrons. The standard InChI is InChI=1S/C28H25N3O3S/c1-4-15-30-17-20(21-13-9-10-14-22(21)30)16-23-26(32)31-25(19-11-7-6-8-12-19)24(27(33)34-5-2)18(3)29-28(31)35-23/h4,6-14,16-17,25H,1,5,15H2,2-3H3/b23-16-. The van der Waals surface area contributed by atoms with Crippen molar-refractivity contribution in [3.63, 3.8) is 0 Å². The van der Waals surface area contributed by atoms with Crippen LogP contribution in [0.3, 0.4) is 0 Å². The second kappa shape index (κ2) is 9.35. The van der Waals surface area contributed by atoms with Crippen LogP contribution < -0.4 is 14.9 Å². The predicted molar refractivity (Wildman–Crippen MR) is 139 cm³/mol. The molecule has 2 aromatic heterocycles. The lowest BCUT2D eigenvalue weighted by atomic mass is 9.96. The molecule has 4 aromatic rings. The third kappa shape index (κ3) is 3.98. The molecule has 0 spiro atoms. The van der Waals surface area contributed by atoms with Crippen LogP contribution in [0.25, 0.3) is 17.0 Å². The summed E-state index contributed by atoms with van der Waals surface area (Å²) in [6.45, 7) is 8.34. The number of nitrogens with zero attached hydrogens (tertiary/aromatic N) is 3. The summed E-state index contributed by atoms with van der Waals surface area (Å²) in [7, 11) is 0. The van der Waals surface area contributed by atoms with E-state index in [0.29, 0.717) is 27.1 Å². The Bertz CT molecular complexity index is 1650. The molecule has 7 heteroatoms. The van der Waals surface area contributed by atoms with Gasteiger partial charge in [-0.3, -0.25) is 9.36 Å². The Morgan fingerprint density at radius 3 is 2.66 bits per heavy atom. The maximum atomic E-state index is 13.8. The van der Waals surface area contributed by atoms with Gasteiger partial charge in [0.15, 0.2) is 4.80 Å². The zero-order valence-corrected chi connectivity index (χ0v) is 20.4. The number of ether oxygens (including phenoxy) is 1. The number of allylic oxidation sites excluding steroid dienone is 2. The molecule has 1 aliphatic heterocycles. The molecule has 1 aliphatic rings. The predicted octanol–water partition coefficient (Wildman–Crippen LogP) is 3.94. The first-order valence-electron chi connectivity index (χ1n) is 11.5. The monoisotopic (exact) mass is 483 g/mol. The average molecular weight is 484 g/mol. The van der Waals surface area contributed by atoms with Crippen LogP contribution in [0.1, 0.15) is 31.0 Å². The maximum Gasteiger partial charge on any atom is 0.338 e. The highest BCUT2D eigenvalue weighted by Crippen LogP contribution is 2.30. The first kappa shape index (κ1) is 22.8. The van der Waals surface area contributed by atoms with Gasteiger partial charge in [0.05, 0.1) is 28.5 Å². The van der Waals surface area contributed by atoms with Crippen molar-refractivity contribution >= 4 is 34.3 Å². The molecule has 0 N–H and O–H groups in total. The molecule has 0 saturated heterocycles. The van der Waals surface area contributed by atoms with Crippen LogP contribution >= 0.6 is 11.3 Å². The first-order valence-corrected chi connectivity index (χ1v) is 12.3. The maximum absolute atomic E-state index is 13.8. The molecule has 2 aromatic carbocycles. The highest BCUT2D eigenvalue weighted by Gasteiger charge is 2.33. The number of hydrogen-bond acceptors (Lipinski definition) is 5. The number of esters is 1. The van der Waals surface area contributed by atoms with Crippen molar-refractivity contribution in [2.75, 3.05) is 6.61 Å². The highest BCUT2D eigenvalue weighted by atomic mass is 32.1. The van der Waals surface area contributed by atoms with Crippen LogP contribution in [-0.4, -0.2) is 21.7 Å². The SMILES string of the molecule is C=CCn1cc(/C=c2\sc3n(c2=O)C(c2ccccc2)C(C(=O)OCC)=C(C)N=3)c2ccccc21. The Balaban J connectivity index is 1.74. The van der Waals surface area contributed by atoms with Gasteiger partial charge in [-0.1, -0.05) is 65.9 Å². The Hall–Kier alpha value is -3.97. The van der Waals surface area contributed by atoms with Crippen molar-refractivity contribution in [1.82, 2.24) is 9.13 Å². The zero-order chi connectivity index (χ0) is 24.5. The highest BCUT2D eigenvalue weighted by molar-refractivity contribution is 7.07. The van der Waals surface area contributed by atoms with E-state index in [1.165, 1.54) is 11.3 Å². The zero-order valence-electron chi connectivity index (χ0n) is 19.6. The van der Waals surface area contributed by atoms with Gasteiger partial charge in [0.1, 0.15) is 0 Å². The number of thiazole rings is 1. The molecular weight excluding hydrogens is 458 g/mol. The first-order chi connectivity index (χ1) is 17.0. The quantitative estimate of drug-likeness (QED) is 0.308. The normalized spacial score (nSPS) is 15.7. The summed E-state index contributed by atoms with van der Waals surface area (Å²) >= 11 is 1.33. The lowest BCUT2D eigenvalue weighted by Crippen LogP contribution is -2.39. The number of benzene rings is 2. The van der Waals surface area contributed by atoms with E-state index < -0.39 is 12.0 Å². The molecular formula is C28H25N3O3S. The van der Waals surface area contributed by atoms with E-state index in [4.69, 9.17) is 4.74 Å². The van der Waals surface area contributed by atoms with Crippen molar-refractivity contribution in [3.8, 4) is 0 Å². The second-order valence-corrected chi connectivity index (χ2v) is 9.26. The summed E-state index contributed by atoms with van der Waals surface area (Å²) in [6.07, 6.45) is 5.80. The van der Waals surface area contributed by atoms with Crippen molar-refractivity contribution in [1.29, 1.82) is 0 Å². The van der Waals surface area contributed by atoms with Gasteiger partial charge in [0.2, 0.25) is 0 Å². The van der Waals surface area contributed by atoms with Crippen LogP contribution in [0.5, 0.6) is 0 Å². The minimum Gasteiger partial charge on any atom is -0.463 e. The van der Waals surface area contributed by atoms with E-state index in [2.05, 4.69) is 22.2 Å². The third-order valence-electron chi connectivity index (χ3n) is 6.06. The van der Waals surface area contributed by atoms with Gasteiger partial charge in [-0.25, -0.2) is 9.79 Å². The Kier molecular flexibility index (Phi) is 6.09. The number of rotatable bonds is 6. The fourth-order valence-corrected chi connectivity index (χ4v) is 5.60. The molecule has 3 heterocycles. The Morgan fingerprint density at radius 1 is 1.17 bits per heavy atom. The molecule has 6 nitrogen and oxygen atoms in total. The average Bonchev–Trinajstić information content (AvgIpc) is 3.36. The molecule has 0 saturated carbocycles. The second-order valence-electron chi connectivity index (χ2n) is 8.26. The van der Waals surface area contributed by atoms with E-state index >= 15 is 0 Å². The number of para-hydroxylation sites is 1. The summed E-state index contributed by atoms with van der Waals surface area (Å²) < 4.78 is 9.64. The van der Waals surface area contributed by atoms with Crippen molar-refractivity contribution in [2.45, 2.75) is 26.4 Å². The molecule has 5 rings (SSSR count). The molecule has 35 heavy (non-hydrogen) atoms. The van der Waals surface area contributed by atoms with Gasteiger partial charge < -0.3 is 9.30 Å². The molecule has 0 aliphatic carbocycles. The van der Waals surface area contributed by atoms with Crippen molar-refractivity contribution in [2.24, 2.45) is 4.99 Å². The van der Waals surface area contributed by atoms with E-state index in [1.807, 2.05) is 66.9 Å². The van der Waals surface area contributed by atoms with Gasteiger partial charge >= 0.3 is 5.97 Å². The Labute approximate surface area is 206 Å². The minimum atomic E-state index is -0.601. The summed E-state index contributed by atoms with van der Waals surface area (Å²) in [4.78, 5) is 32.0. The fraction of sp³-hybridized carbons (Fsp3) is 0.179. The topological polar surface area (TPSA) is 65.6 Å². The molecule has 0 radical (unpaired) electrons. The molecule has 1 unspecified atom stereocenters. The molecule has 0 amide bonds. The van der Waals surface area contributed by atoms with Crippen molar-refractivity contribution in [3.05, 3.63) is 116 Å². The fourth-order valence-electron chi connectivity index (χ4n) is 4.56. The number of fused-ring (bicyclic) bond motifs is 2. The van der Waals surface area contributed by atoms with Crippen LogP contribution in [0.2, 0.25) is 0 Å². The lowest BCUT2D eigenvalue weighted by Gasteiger charge is -2.24. The third-order valence-corrected chi connectivity index (χ3v) is 7.05. The van der Waals surface area contributed by atoms with Gasteiger partial charge in [-0.05, 0) is 31.6 Å². The van der Waals surface area contributed by atoms with Crippen LogP contribution in [0, 0.1) is 0 Å². The van der Waals surface area contributed by atoms with Crippen molar-refractivity contribution < 1.29 is 9.53 Å². The van der Waals surface area contributed by atoms with E-state index in [1.54, 1.807) is 18.4 Å². The van der Waals surface area contributed by atoms with Crippen LogP contribution in [0.15, 0.2) is 94.5 Å². The number of hydrogen-bond donors (Lipinski definition) is 0. The number of carbonyl (C=O) groups is 1. The minimum absolute atomic E-state index is 0.183. The van der Waals surface area contributed by atoms with E-state index in [9.17, 15) is 9.59 Å². The molecule has 0 bridgehead atoms. The van der Waals surface area contributed by atoms with E-state index in [-0.39, 0.29) is 12.2 Å². The summed E-state index contributed by atoms with van der Waals surface area (Å²) in [5, 5.41) is 1.06. The lowest BCUT2D eigenvalue weighted by molar-refractivity contribution is -0.139. The van der Waals surface area contributed by atoms with Gasteiger partial charge in [-0.2, -0.15) is 0 Å². The van der Waals surface area contributed by atoms with Gasteiger partial charge in [0.25, 0.3) is 5.56 Å². The summed E-state index contributed by atoms with van der Waals surface area (Å²) in [5.74, 6) is -0.454. The Morgan fingerprint density at radius 2 is 1.91 bits per heavy atom. The molecule has 0 fully saturated rings. The van der Waals surface area contributed by atoms with E-state index in [0.717, 1.165) is 22.0 Å². The van der Waals surface area contributed by atoms with Gasteiger partial charge in [0, 0.05) is 29.2 Å².